The molecule has 8 nitrogen and oxygen atoms in total. The van der Waals surface area contributed by atoms with Crippen LogP contribution in [0.25, 0.3) is 5.65 Å². The lowest BCUT2D eigenvalue weighted by atomic mass is 10.0. The maximum Gasteiger partial charge on any atom is 0.261 e. The number of fused-ring (bicyclic) bond motifs is 2. The van der Waals surface area contributed by atoms with Gasteiger partial charge in [-0.1, -0.05) is 0 Å². The van der Waals surface area contributed by atoms with Gasteiger partial charge in [-0.2, -0.15) is 5.10 Å². The number of morpholine rings is 1. The van der Waals surface area contributed by atoms with Gasteiger partial charge in [0.05, 0.1) is 29.8 Å². The zero-order chi connectivity index (χ0) is 20.9. The van der Waals surface area contributed by atoms with Crippen molar-refractivity contribution in [3.8, 4) is 5.75 Å². The molecule has 0 saturated carbocycles. The number of benzene rings is 1. The number of ether oxygens (including phenoxy) is 2. The second kappa shape index (κ2) is 6.98. The van der Waals surface area contributed by atoms with Gasteiger partial charge in [0.1, 0.15) is 17.4 Å². The van der Waals surface area contributed by atoms with Gasteiger partial charge in [-0.15, -0.1) is 0 Å². The van der Waals surface area contributed by atoms with Gasteiger partial charge >= 0.3 is 0 Å². The van der Waals surface area contributed by atoms with Gasteiger partial charge < -0.3 is 19.7 Å². The number of hydrogen-bond donors (Lipinski definition) is 1. The predicted molar refractivity (Wildman–Crippen MR) is 113 cm³/mol. The Kier molecular flexibility index (Phi) is 4.39. The number of carbonyl (C=O) groups is 1. The van der Waals surface area contributed by atoms with Crippen molar-refractivity contribution >= 4 is 22.9 Å². The fourth-order valence-corrected chi connectivity index (χ4v) is 4.21. The largest absolute Gasteiger partial charge is 0.490 e. The van der Waals surface area contributed by atoms with E-state index < -0.39 is 0 Å². The van der Waals surface area contributed by atoms with Crippen molar-refractivity contribution in [2.45, 2.75) is 38.9 Å². The second-order valence-electron chi connectivity index (χ2n) is 8.54. The molecule has 1 amide bonds. The zero-order valence-electron chi connectivity index (χ0n) is 17.4. The Labute approximate surface area is 174 Å². The van der Waals surface area contributed by atoms with Crippen molar-refractivity contribution in [3.63, 3.8) is 0 Å². The van der Waals surface area contributed by atoms with Crippen molar-refractivity contribution < 1.29 is 14.3 Å². The maximum absolute atomic E-state index is 13.1. The molecular weight excluding hydrogens is 382 g/mol. The van der Waals surface area contributed by atoms with Crippen LogP contribution in [-0.2, 0) is 11.2 Å². The van der Waals surface area contributed by atoms with Gasteiger partial charge in [0.2, 0.25) is 0 Å². The lowest BCUT2D eigenvalue weighted by Gasteiger charge is -2.40. The van der Waals surface area contributed by atoms with E-state index in [4.69, 9.17) is 9.47 Å². The molecule has 1 atom stereocenters. The topological polar surface area (TPSA) is 81.0 Å². The summed E-state index contributed by atoms with van der Waals surface area (Å²) in [7, 11) is 0. The molecule has 1 aromatic carbocycles. The van der Waals surface area contributed by atoms with Crippen LogP contribution >= 0.6 is 0 Å². The lowest BCUT2D eigenvalue weighted by Crippen LogP contribution is -2.48. The highest BCUT2D eigenvalue weighted by Gasteiger charge is 2.31. The molecule has 1 N–H and O–H groups in total. The second-order valence-corrected chi connectivity index (χ2v) is 8.54. The summed E-state index contributed by atoms with van der Waals surface area (Å²) in [5, 5.41) is 7.33. The van der Waals surface area contributed by atoms with Crippen molar-refractivity contribution in [3.05, 3.63) is 47.9 Å². The molecule has 30 heavy (non-hydrogen) atoms. The summed E-state index contributed by atoms with van der Waals surface area (Å²) >= 11 is 0. The Hall–Kier alpha value is -3.13. The van der Waals surface area contributed by atoms with Crippen LogP contribution in [0.1, 0.15) is 36.7 Å². The first-order valence-electron chi connectivity index (χ1n) is 10.2. The first-order chi connectivity index (χ1) is 14.4. The molecule has 2 aliphatic rings. The van der Waals surface area contributed by atoms with Crippen molar-refractivity contribution in [1.82, 2.24) is 14.6 Å². The highest BCUT2D eigenvalue weighted by atomic mass is 16.5. The number of anilines is 2. The van der Waals surface area contributed by atoms with E-state index in [9.17, 15) is 4.79 Å². The van der Waals surface area contributed by atoms with Gasteiger partial charge in [-0.05, 0) is 32.9 Å². The monoisotopic (exact) mass is 407 g/mol. The Morgan fingerprint density at radius 1 is 1.33 bits per heavy atom. The van der Waals surface area contributed by atoms with E-state index in [1.165, 1.54) is 0 Å². The molecule has 2 aliphatic heterocycles. The molecule has 3 aromatic rings. The third-order valence-electron chi connectivity index (χ3n) is 5.55. The minimum absolute atomic E-state index is 0.128. The van der Waals surface area contributed by atoms with Crippen LogP contribution in [0.3, 0.4) is 0 Å². The average molecular weight is 407 g/mol. The molecular formula is C22H25N5O3. The summed E-state index contributed by atoms with van der Waals surface area (Å²) in [6.07, 6.45) is 5.93. The number of nitrogens with zero attached hydrogens (tertiary/aromatic N) is 4. The number of carbonyl (C=O) groups excluding carboxylic acids is 1. The highest BCUT2D eigenvalue weighted by Crippen LogP contribution is 2.40. The zero-order valence-corrected chi connectivity index (χ0v) is 17.4. The fraction of sp³-hybridized carbons (Fsp3) is 0.409. The van der Waals surface area contributed by atoms with Crippen LogP contribution in [0.15, 0.2) is 36.8 Å². The number of amides is 1. The van der Waals surface area contributed by atoms with E-state index in [2.05, 4.69) is 41.1 Å². The van der Waals surface area contributed by atoms with Crippen molar-refractivity contribution in [2.24, 2.45) is 0 Å². The maximum atomic E-state index is 13.1. The molecule has 0 aliphatic carbocycles. The van der Waals surface area contributed by atoms with Gasteiger partial charge in [-0.3, -0.25) is 4.79 Å². The third-order valence-corrected chi connectivity index (χ3v) is 5.55. The summed E-state index contributed by atoms with van der Waals surface area (Å²) in [5.41, 5.74) is 3.52. The lowest BCUT2D eigenvalue weighted by molar-refractivity contribution is -0.0276. The number of aromatic nitrogens is 3. The smallest absolute Gasteiger partial charge is 0.261 e. The highest BCUT2D eigenvalue weighted by molar-refractivity contribution is 6.09. The number of hydrogen-bond acceptors (Lipinski definition) is 6. The average Bonchev–Trinajstić information content (AvgIpc) is 3.28. The molecule has 4 heterocycles. The molecule has 0 bridgehead atoms. The third kappa shape index (κ3) is 3.37. The number of rotatable bonds is 3. The summed E-state index contributed by atoms with van der Waals surface area (Å²) < 4.78 is 13.5. The quantitative estimate of drug-likeness (QED) is 0.719. The summed E-state index contributed by atoms with van der Waals surface area (Å²) in [5.74, 6) is 0.654. The van der Waals surface area contributed by atoms with Gasteiger partial charge in [0.25, 0.3) is 5.91 Å². The van der Waals surface area contributed by atoms with Crippen LogP contribution in [0.5, 0.6) is 5.75 Å². The molecule has 1 saturated heterocycles. The molecule has 0 radical (unpaired) electrons. The molecule has 2 aromatic heterocycles. The number of nitrogens with one attached hydrogen (secondary N) is 1. The van der Waals surface area contributed by atoms with Crippen LogP contribution in [-0.4, -0.2) is 51.9 Å². The van der Waals surface area contributed by atoms with Crippen molar-refractivity contribution in [1.29, 1.82) is 0 Å². The Balaban J connectivity index is 1.52. The molecule has 0 spiro atoms. The van der Waals surface area contributed by atoms with E-state index in [-0.39, 0.29) is 17.6 Å². The summed E-state index contributed by atoms with van der Waals surface area (Å²) in [6, 6.07) is 5.86. The minimum atomic E-state index is -0.265. The van der Waals surface area contributed by atoms with Crippen molar-refractivity contribution in [2.75, 3.05) is 29.9 Å². The SMILES string of the molecule is CC1Cc2cc(NC(=O)c3cnn4cccnc34)c(N3CCOC(C)(C)C3)cc2O1. The summed E-state index contributed by atoms with van der Waals surface area (Å²) in [6.45, 7) is 8.32. The summed E-state index contributed by atoms with van der Waals surface area (Å²) in [4.78, 5) is 19.7. The first kappa shape index (κ1) is 18.9. The standard InChI is InChI=1S/C22H25N5O3/c1-14-9-15-10-17(25-21(28)16-12-24-27-6-4-5-23-20(16)27)18(11-19(15)30-14)26-7-8-29-22(2,3)13-26/h4-6,10-12,14H,7-9,13H2,1-3H3,(H,25,28). The molecule has 156 valence electrons. The normalized spacial score (nSPS) is 20.1. The van der Waals surface area contributed by atoms with Crippen LogP contribution < -0.4 is 15.0 Å². The van der Waals surface area contributed by atoms with E-state index in [0.717, 1.165) is 42.2 Å². The van der Waals surface area contributed by atoms with Gasteiger partial charge in [-0.25, -0.2) is 9.50 Å². The van der Waals surface area contributed by atoms with Crippen LogP contribution in [0.4, 0.5) is 11.4 Å². The van der Waals surface area contributed by atoms with E-state index in [1.54, 1.807) is 29.2 Å². The van der Waals surface area contributed by atoms with Gasteiger partial charge in [0, 0.05) is 43.5 Å². The first-order valence-corrected chi connectivity index (χ1v) is 10.2. The Morgan fingerprint density at radius 2 is 2.20 bits per heavy atom. The van der Waals surface area contributed by atoms with E-state index in [1.807, 2.05) is 12.1 Å². The molecule has 8 heteroatoms. The van der Waals surface area contributed by atoms with Gasteiger partial charge in [0.15, 0.2) is 5.65 Å². The predicted octanol–water partition coefficient (Wildman–Crippen LogP) is 2.92. The van der Waals surface area contributed by atoms with E-state index >= 15 is 0 Å². The Bertz CT molecular complexity index is 1120. The minimum Gasteiger partial charge on any atom is -0.490 e. The fourth-order valence-electron chi connectivity index (χ4n) is 4.21. The Morgan fingerprint density at radius 3 is 3.03 bits per heavy atom. The molecule has 1 fully saturated rings. The molecule has 5 rings (SSSR count). The van der Waals surface area contributed by atoms with Crippen LogP contribution in [0, 0.1) is 0 Å². The van der Waals surface area contributed by atoms with Crippen LogP contribution in [0.2, 0.25) is 0 Å². The van der Waals surface area contributed by atoms with E-state index in [0.29, 0.717) is 17.8 Å². The molecule has 1 unspecified atom stereocenters.